The van der Waals surface area contributed by atoms with Crippen LogP contribution in [0.5, 0.6) is 0 Å². The van der Waals surface area contributed by atoms with Gasteiger partial charge in [0, 0.05) is 17.8 Å². The van der Waals surface area contributed by atoms with E-state index in [4.69, 9.17) is 0 Å². The fraction of sp³-hybridized carbons (Fsp3) is 0.321. The summed E-state index contributed by atoms with van der Waals surface area (Å²) in [7, 11) is 4.28. The number of rotatable bonds is 6. The van der Waals surface area contributed by atoms with Gasteiger partial charge < -0.3 is 10.2 Å². The summed E-state index contributed by atoms with van der Waals surface area (Å²) in [5.41, 5.74) is 8.07. The van der Waals surface area contributed by atoms with Gasteiger partial charge in [-0.05, 0) is 97.8 Å². The Balaban J connectivity index is 1.44. The van der Waals surface area contributed by atoms with Gasteiger partial charge in [0.25, 0.3) is 5.91 Å². The number of carbonyl (C=O) groups is 1. The zero-order valence-electron chi connectivity index (χ0n) is 18.8. The molecular formula is C28H32N2O. The molecule has 0 saturated heterocycles. The molecule has 3 nitrogen and oxygen atoms in total. The summed E-state index contributed by atoms with van der Waals surface area (Å²) >= 11 is 0. The van der Waals surface area contributed by atoms with Crippen molar-refractivity contribution in [3.05, 3.63) is 89.0 Å². The molecule has 1 amide bonds. The highest BCUT2D eigenvalue weighted by Crippen LogP contribution is 2.29. The van der Waals surface area contributed by atoms with Gasteiger partial charge in [-0.3, -0.25) is 4.79 Å². The quantitative estimate of drug-likeness (QED) is 0.552. The molecule has 1 aliphatic carbocycles. The van der Waals surface area contributed by atoms with Crippen molar-refractivity contribution in [3.8, 4) is 11.1 Å². The second kappa shape index (κ2) is 9.49. The van der Waals surface area contributed by atoms with Gasteiger partial charge in [-0.15, -0.1) is 0 Å². The number of amides is 1. The van der Waals surface area contributed by atoms with Crippen molar-refractivity contribution in [2.75, 3.05) is 26.0 Å². The Morgan fingerprint density at radius 2 is 1.77 bits per heavy atom. The first-order valence-electron chi connectivity index (χ1n) is 11.3. The number of benzene rings is 3. The van der Waals surface area contributed by atoms with Gasteiger partial charge >= 0.3 is 0 Å². The van der Waals surface area contributed by atoms with Gasteiger partial charge in [-0.2, -0.15) is 0 Å². The summed E-state index contributed by atoms with van der Waals surface area (Å²) in [5, 5.41) is 3.09. The molecule has 1 unspecified atom stereocenters. The summed E-state index contributed by atoms with van der Waals surface area (Å²) < 4.78 is 0. The number of fused-ring (bicyclic) bond motifs is 1. The summed E-state index contributed by atoms with van der Waals surface area (Å²) in [5.74, 6) is 0.663. The molecule has 1 aliphatic rings. The van der Waals surface area contributed by atoms with Gasteiger partial charge in [0.05, 0.1) is 0 Å². The lowest BCUT2D eigenvalue weighted by Gasteiger charge is -2.27. The number of carbonyl (C=O) groups excluding carboxylic acids is 1. The van der Waals surface area contributed by atoms with Crippen molar-refractivity contribution in [2.24, 2.45) is 5.92 Å². The van der Waals surface area contributed by atoms with Crippen LogP contribution in [0.4, 0.5) is 5.69 Å². The van der Waals surface area contributed by atoms with E-state index in [1.54, 1.807) is 0 Å². The van der Waals surface area contributed by atoms with Crippen LogP contribution in [0.1, 0.15) is 40.4 Å². The smallest absolute Gasteiger partial charge is 0.255 e. The van der Waals surface area contributed by atoms with E-state index in [1.807, 2.05) is 30.3 Å². The summed E-state index contributed by atoms with van der Waals surface area (Å²) in [6.07, 6.45) is 4.42. The van der Waals surface area contributed by atoms with Crippen molar-refractivity contribution < 1.29 is 4.79 Å². The molecule has 0 saturated carbocycles. The molecule has 0 fully saturated rings. The first-order chi connectivity index (χ1) is 15.0. The fourth-order valence-electron chi connectivity index (χ4n) is 4.70. The first kappa shape index (κ1) is 21.3. The number of anilines is 1. The van der Waals surface area contributed by atoms with Crippen molar-refractivity contribution in [2.45, 2.75) is 32.6 Å². The minimum atomic E-state index is -0.0587. The summed E-state index contributed by atoms with van der Waals surface area (Å²) in [4.78, 5) is 15.1. The molecule has 3 heteroatoms. The van der Waals surface area contributed by atoms with Crippen molar-refractivity contribution in [1.29, 1.82) is 0 Å². The van der Waals surface area contributed by atoms with Crippen LogP contribution in [0.25, 0.3) is 11.1 Å². The standard InChI is InChI=1S/C28H32N2O/c1-4-21-7-5-6-8-27(21)22-11-13-23(14-12-22)28(31)29-26-16-15-24-17-20(19-30(2)3)9-10-25(24)18-26/h5-8,11-16,18,20H,4,9-10,17,19H2,1-3H3,(H,29,31). The van der Waals surface area contributed by atoms with E-state index in [9.17, 15) is 4.79 Å². The minimum Gasteiger partial charge on any atom is -0.322 e. The van der Waals surface area contributed by atoms with Crippen LogP contribution < -0.4 is 5.32 Å². The molecule has 0 aliphatic heterocycles. The van der Waals surface area contributed by atoms with Crippen LogP contribution in [0.3, 0.4) is 0 Å². The Hall–Kier alpha value is -2.91. The molecule has 1 N–H and O–H groups in total. The van der Waals surface area contributed by atoms with E-state index in [-0.39, 0.29) is 5.91 Å². The maximum Gasteiger partial charge on any atom is 0.255 e. The third-order valence-electron chi connectivity index (χ3n) is 6.27. The highest BCUT2D eigenvalue weighted by Gasteiger charge is 2.19. The normalized spacial score (nSPS) is 15.5. The molecule has 0 radical (unpaired) electrons. The predicted octanol–water partition coefficient (Wildman–Crippen LogP) is 5.83. The van der Waals surface area contributed by atoms with Crippen LogP contribution in [-0.4, -0.2) is 31.4 Å². The van der Waals surface area contributed by atoms with Gasteiger partial charge in [0.1, 0.15) is 0 Å². The van der Waals surface area contributed by atoms with Crippen LogP contribution in [-0.2, 0) is 19.3 Å². The monoisotopic (exact) mass is 412 g/mol. The van der Waals surface area contributed by atoms with Gasteiger partial charge in [-0.25, -0.2) is 0 Å². The number of aryl methyl sites for hydroxylation is 2. The molecule has 160 valence electrons. The summed E-state index contributed by atoms with van der Waals surface area (Å²) in [6.45, 7) is 3.30. The lowest BCUT2D eigenvalue weighted by Crippen LogP contribution is -2.26. The molecule has 0 spiro atoms. The average Bonchev–Trinajstić information content (AvgIpc) is 2.79. The van der Waals surface area contributed by atoms with Gasteiger partial charge in [0.2, 0.25) is 0 Å². The number of hydrogen-bond donors (Lipinski definition) is 1. The van der Waals surface area contributed by atoms with E-state index >= 15 is 0 Å². The van der Waals surface area contributed by atoms with E-state index in [0.29, 0.717) is 5.56 Å². The van der Waals surface area contributed by atoms with Crippen molar-refractivity contribution in [3.63, 3.8) is 0 Å². The lowest BCUT2D eigenvalue weighted by atomic mass is 9.83. The highest BCUT2D eigenvalue weighted by atomic mass is 16.1. The number of nitrogens with zero attached hydrogens (tertiary/aromatic N) is 1. The molecule has 4 rings (SSSR count). The molecule has 0 bridgehead atoms. The zero-order valence-corrected chi connectivity index (χ0v) is 18.8. The molecule has 1 atom stereocenters. The molecule has 31 heavy (non-hydrogen) atoms. The largest absolute Gasteiger partial charge is 0.322 e. The Labute approximate surface area is 186 Å². The highest BCUT2D eigenvalue weighted by molar-refractivity contribution is 6.04. The van der Waals surface area contributed by atoms with Crippen LogP contribution in [0.15, 0.2) is 66.7 Å². The lowest BCUT2D eigenvalue weighted by molar-refractivity contribution is 0.102. The van der Waals surface area contributed by atoms with E-state index in [1.165, 1.54) is 28.7 Å². The van der Waals surface area contributed by atoms with Crippen molar-refractivity contribution >= 4 is 11.6 Å². The Bertz CT molecular complexity index is 1050. The van der Waals surface area contributed by atoms with E-state index < -0.39 is 0 Å². The zero-order chi connectivity index (χ0) is 21.8. The number of hydrogen-bond acceptors (Lipinski definition) is 2. The second-order valence-electron chi connectivity index (χ2n) is 8.90. The van der Waals surface area contributed by atoms with E-state index in [0.717, 1.165) is 43.0 Å². The van der Waals surface area contributed by atoms with Gasteiger partial charge in [0.15, 0.2) is 0 Å². The second-order valence-corrected chi connectivity index (χ2v) is 8.90. The molecular weight excluding hydrogens is 380 g/mol. The molecule has 3 aromatic carbocycles. The maximum absolute atomic E-state index is 12.8. The van der Waals surface area contributed by atoms with Crippen LogP contribution in [0.2, 0.25) is 0 Å². The molecule has 3 aromatic rings. The topological polar surface area (TPSA) is 32.3 Å². The Kier molecular flexibility index (Phi) is 6.53. The third-order valence-corrected chi connectivity index (χ3v) is 6.27. The van der Waals surface area contributed by atoms with Gasteiger partial charge in [-0.1, -0.05) is 49.4 Å². The predicted molar refractivity (Wildman–Crippen MR) is 130 cm³/mol. The molecule has 0 aromatic heterocycles. The average molecular weight is 413 g/mol. The van der Waals surface area contributed by atoms with Crippen LogP contribution >= 0.6 is 0 Å². The SMILES string of the molecule is CCc1ccccc1-c1ccc(C(=O)Nc2ccc3c(c2)CCC(CN(C)C)C3)cc1. The minimum absolute atomic E-state index is 0.0587. The molecule has 0 heterocycles. The first-order valence-corrected chi connectivity index (χ1v) is 11.3. The Morgan fingerprint density at radius 3 is 2.52 bits per heavy atom. The third kappa shape index (κ3) is 5.05. The van der Waals surface area contributed by atoms with E-state index in [2.05, 4.69) is 67.6 Å². The maximum atomic E-state index is 12.8. The Morgan fingerprint density at radius 1 is 1.00 bits per heavy atom. The van der Waals surface area contributed by atoms with Crippen LogP contribution in [0, 0.1) is 5.92 Å². The fourth-order valence-corrected chi connectivity index (χ4v) is 4.70. The van der Waals surface area contributed by atoms with Crippen molar-refractivity contribution in [1.82, 2.24) is 4.90 Å². The number of nitrogens with one attached hydrogen (secondary N) is 1. The summed E-state index contributed by atoms with van der Waals surface area (Å²) in [6, 6.07) is 22.8.